The molecule has 1 nitrogen and oxygen atoms in total. The van der Waals surface area contributed by atoms with Crippen molar-refractivity contribution in [3.8, 4) is 0 Å². The summed E-state index contributed by atoms with van der Waals surface area (Å²) >= 11 is 7.06. The molecule has 0 unspecified atom stereocenters. The van der Waals surface area contributed by atoms with Crippen LogP contribution >= 0.6 is 23.4 Å². The number of ether oxygens (including phenoxy) is 1. The second kappa shape index (κ2) is 4.65. The summed E-state index contributed by atoms with van der Waals surface area (Å²) in [6.45, 7) is 0. The van der Waals surface area contributed by atoms with Crippen molar-refractivity contribution in [1.29, 1.82) is 0 Å². The Balaban J connectivity index is 2.51. The molecule has 0 aliphatic carbocycles. The molecule has 0 bridgehead atoms. The topological polar surface area (TPSA) is 9.23 Å². The molecule has 0 aromatic heterocycles. The average molecular weight is 188 g/mol. The highest BCUT2D eigenvalue weighted by molar-refractivity contribution is 8.03. The lowest BCUT2D eigenvalue weighted by Gasteiger charge is -2.03. The van der Waals surface area contributed by atoms with Crippen molar-refractivity contribution in [1.82, 2.24) is 0 Å². The van der Waals surface area contributed by atoms with Gasteiger partial charge >= 0.3 is 0 Å². The van der Waals surface area contributed by atoms with Crippen molar-refractivity contribution < 1.29 is 4.74 Å². The number of methoxy groups -OCH3 is 1. The fourth-order valence-electron chi connectivity index (χ4n) is 0.623. The van der Waals surface area contributed by atoms with Crippen molar-refractivity contribution in [3.63, 3.8) is 0 Å². The van der Waals surface area contributed by atoms with Gasteiger partial charge in [-0.25, -0.2) is 0 Å². The summed E-state index contributed by atoms with van der Waals surface area (Å²) < 4.78 is 4.80. The Bertz CT molecular complexity index is 203. The van der Waals surface area contributed by atoms with Gasteiger partial charge in [0.25, 0.3) is 0 Å². The van der Waals surface area contributed by atoms with E-state index < -0.39 is 0 Å². The van der Waals surface area contributed by atoms with Gasteiger partial charge in [-0.15, -0.1) is 0 Å². The monoisotopic (exact) mass is 187 g/mol. The van der Waals surface area contributed by atoms with Gasteiger partial charge in [0.05, 0.1) is 0 Å². The molecule has 0 fully saturated rings. The summed E-state index contributed by atoms with van der Waals surface area (Å²) in [7, 11) is 1.55. The number of hydrogen-bond acceptors (Lipinski definition) is 2. The van der Waals surface area contributed by atoms with E-state index in [0.717, 1.165) is 4.90 Å². The van der Waals surface area contributed by atoms with E-state index in [-0.39, 0.29) is 0 Å². The lowest BCUT2D eigenvalue weighted by Crippen LogP contribution is -1.83. The molecule has 0 saturated heterocycles. The molecule has 0 aliphatic heterocycles. The summed E-state index contributed by atoms with van der Waals surface area (Å²) in [5.74, 6) is 0. The van der Waals surface area contributed by atoms with Crippen molar-refractivity contribution in [2.75, 3.05) is 7.11 Å². The molecule has 1 rings (SSSR count). The first-order valence-electron chi connectivity index (χ1n) is 3.12. The molecular formula is C8H8ClOS. The predicted molar refractivity (Wildman–Crippen MR) is 48.4 cm³/mol. The third-order valence-corrected chi connectivity index (χ3v) is 2.32. The van der Waals surface area contributed by atoms with Gasteiger partial charge < -0.3 is 4.74 Å². The van der Waals surface area contributed by atoms with Crippen molar-refractivity contribution in [2.24, 2.45) is 0 Å². The van der Waals surface area contributed by atoms with Crippen LogP contribution in [-0.4, -0.2) is 7.11 Å². The molecule has 1 radical (unpaired) electrons. The normalized spacial score (nSPS) is 10.5. The van der Waals surface area contributed by atoms with Crippen LogP contribution in [0.2, 0.25) is 0 Å². The first kappa shape index (κ1) is 8.91. The Morgan fingerprint density at radius 2 is 2.00 bits per heavy atom. The lowest BCUT2D eigenvalue weighted by atomic mass is 10.4. The predicted octanol–water partition coefficient (Wildman–Crippen LogP) is 3.11. The minimum atomic E-state index is 0.441. The molecular weight excluding hydrogens is 180 g/mol. The smallest absolute Gasteiger partial charge is 0.247 e. The van der Waals surface area contributed by atoms with Crippen LogP contribution in [0.5, 0.6) is 0 Å². The SMILES string of the molecule is CO[C](Cl)Sc1ccccc1. The van der Waals surface area contributed by atoms with E-state index >= 15 is 0 Å². The van der Waals surface area contributed by atoms with Crippen molar-refractivity contribution >= 4 is 23.4 Å². The van der Waals surface area contributed by atoms with E-state index in [1.54, 1.807) is 7.11 Å². The average Bonchev–Trinajstić information content (AvgIpc) is 2.06. The molecule has 11 heavy (non-hydrogen) atoms. The van der Waals surface area contributed by atoms with Gasteiger partial charge in [-0.2, -0.15) is 0 Å². The highest BCUT2D eigenvalue weighted by Crippen LogP contribution is 2.31. The van der Waals surface area contributed by atoms with Crippen LogP contribution in [0, 0.1) is 4.90 Å². The zero-order valence-corrected chi connectivity index (χ0v) is 7.65. The fourth-order valence-corrected chi connectivity index (χ4v) is 1.45. The minimum Gasteiger partial charge on any atom is -0.350 e. The van der Waals surface area contributed by atoms with Crippen molar-refractivity contribution in [3.05, 3.63) is 35.2 Å². The number of thioether (sulfide) groups is 1. The quantitative estimate of drug-likeness (QED) is 0.673. The zero-order chi connectivity index (χ0) is 8.10. The maximum atomic E-state index is 5.66. The molecule has 0 aliphatic rings. The molecule has 0 amide bonds. The van der Waals surface area contributed by atoms with Crippen LogP contribution < -0.4 is 0 Å². The molecule has 0 spiro atoms. The molecule has 0 saturated carbocycles. The molecule has 0 heterocycles. The van der Waals surface area contributed by atoms with Gasteiger partial charge in [-0.1, -0.05) is 41.6 Å². The fraction of sp³-hybridized carbons (Fsp3) is 0.125. The van der Waals surface area contributed by atoms with E-state index in [1.807, 2.05) is 30.3 Å². The Labute approximate surface area is 75.7 Å². The summed E-state index contributed by atoms with van der Waals surface area (Å²) in [6, 6.07) is 9.84. The van der Waals surface area contributed by atoms with E-state index in [0.29, 0.717) is 4.90 Å². The first-order valence-corrected chi connectivity index (χ1v) is 4.31. The molecule has 3 heteroatoms. The van der Waals surface area contributed by atoms with Crippen LogP contribution in [-0.2, 0) is 4.74 Å². The Morgan fingerprint density at radius 3 is 2.55 bits per heavy atom. The number of hydrogen-bond donors (Lipinski definition) is 0. The molecule has 0 N–H and O–H groups in total. The second-order valence-electron chi connectivity index (χ2n) is 1.86. The highest BCUT2D eigenvalue weighted by atomic mass is 35.5. The third-order valence-electron chi connectivity index (χ3n) is 1.10. The minimum absolute atomic E-state index is 0.441. The molecule has 1 aromatic rings. The number of rotatable bonds is 3. The Hall–Kier alpha value is -0.180. The molecule has 1 aromatic carbocycles. The standard InChI is InChI=1S/C8H8ClOS/c1-10-8(9)11-7-5-3-2-4-6-7/h2-6H,1H3. The van der Waals surface area contributed by atoms with Crippen LogP contribution in [0.1, 0.15) is 0 Å². The summed E-state index contributed by atoms with van der Waals surface area (Å²) in [6.07, 6.45) is 0. The first-order chi connectivity index (χ1) is 5.33. The van der Waals surface area contributed by atoms with Crippen molar-refractivity contribution in [2.45, 2.75) is 4.90 Å². The maximum absolute atomic E-state index is 5.66. The van der Waals surface area contributed by atoms with Gasteiger partial charge in [0.1, 0.15) is 0 Å². The largest absolute Gasteiger partial charge is 0.350 e. The second-order valence-corrected chi connectivity index (χ2v) is 3.47. The van der Waals surface area contributed by atoms with Crippen LogP contribution in [0.3, 0.4) is 0 Å². The lowest BCUT2D eigenvalue weighted by molar-refractivity contribution is 0.297. The summed E-state index contributed by atoms with van der Waals surface area (Å²) in [4.78, 5) is 1.52. The molecule has 0 atom stereocenters. The van der Waals surface area contributed by atoms with Gasteiger partial charge in [-0.3, -0.25) is 0 Å². The van der Waals surface area contributed by atoms with Crippen LogP contribution in [0.4, 0.5) is 0 Å². The number of benzene rings is 1. The van der Waals surface area contributed by atoms with Gasteiger partial charge in [0, 0.05) is 12.0 Å². The highest BCUT2D eigenvalue weighted by Gasteiger charge is 2.04. The Kier molecular flexibility index (Phi) is 3.77. The van der Waals surface area contributed by atoms with E-state index in [9.17, 15) is 0 Å². The van der Waals surface area contributed by atoms with E-state index in [2.05, 4.69) is 0 Å². The van der Waals surface area contributed by atoms with Crippen LogP contribution in [0.15, 0.2) is 35.2 Å². The zero-order valence-electron chi connectivity index (χ0n) is 6.08. The van der Waals surface area contributed by atoms with Gasteiger partial charge in [0.2, 0.25) is 4.90 Å². The van der Waals surface area contributed by atoms with E-state index in [1.165, 1.54) is 11.8 Å². The summed E-state index contributed by atoms with van der Waals surface area (Å²) in [5.41, 5.74) is 0. The number of halogens is 1. The van der Waals surface area contributed by atoms with E-state index in [4.69, 9.17) is 16.3 Å². The molecule has 59 valence electrons. The maximum Gasteiger partial charge on any atom is 0.247 e. The third kappa shape index (κ3) is 3.14. The van der Waals surface area contributed by atoms with Crippen LogP contribution in [0.25, 0.3) is 0 Å². The Morgan fingerprint density at radius 1 is 1.36 bits per heavy atom. The summed E-state index contributed by atoms with van der Waals surface area (Å²) in [5, 5.41) is 0. The van der Waals surface area contributed by atoms with Gasteiger partial charge in [0.15, 0.2) is 0 Å². The van der Waals surface area contributed by atoms with Gasteiger partial charge in [-0.05, 0) is 12.1 Å².